The minimum atomic E-state index is 0.122. The van der Waals surface area contributed by atoms with Gasteiger partial charge in [-0.1, -0.05) is 48.5 Å². The highest BCUT2D eigenvalue weighted by Gasteiger charge is 2.26. The SMILES string of the molecule is CCOC1CCN(C(=O)c2cc3ccccc3n2Cc2ccccc2)CC1. The van der Waals surface area contributed by atoms with Crippen molar-refractivity contribution in [1.82, 2.24) is 9.47 Å². The predicted molar refractivity (Wildman–Crippen MR) is 108 cm³/mol. The fourth-order valence-electron chi connectivity index (χ4n) is 3.95. The summed E-state index contributed by atoms with van der Waals surface area (Å²) in [5, 5.41) is 1.11. The highest BCUT2D eigenvalue weighted by atomic mass is 16.5. The van der Waals surface area contributed by atoms with Gasteiger partial charge in [0.25, 0.3) is 5.91 Å². The highest BCUT2D eigenvalue weighted by Crippen LogP contribution is 2.24. The summed E-state index contributed by atoms with van der Waals surface area (Å²) in [5.41, 5.74) is 3.08. The molecule has 4 nitrogen and oxygen atoms in total. The zero-order valence-electron chi connectivity index (χ0n) is 15.8. The maximum absolute atomic E-state index is 13.3. The van der Waals surface area contributed by atoms with Gasteiger partial charge in [0.2, 0.25) is 0 Å². The molecule has 1 aliphatic heterocycles. The Hall–Kier alpha value is -2.59. The Morgan fingerprint density at radius 2 is 1.74 bits per heavy atom. The van der Waals surface area contributed by atoms with Crippen LogP contribution < -0.4 is 0 Å². The Morgan fingerprint density at radius 1 is 1.04 bits per heavy atom. The molecule has 0 radical (unpaired) electrons. The number of amides is 1. The van der Waals surface area contributed by atoms with Crippen molar-refractivity contribution < 1.29 is 9.53 Å². The number of carbonyl (C=O) groups is 1. The summed E-state index contributed by atoms with van der Waals surface area (Å²) >= 11 is 0. The maximum atomic E-state index is 13.3. The number of carbonyl (C=O) groups excluding carboxylic acids is 1. The summed E-state index contributed by atoms with van der Waals surface area (Å²) in [7, 11) is 0. The second kappa shape index (κ2) is 7.97. The van der Waals surface area contributed by atoms with Crippen LogP contribution in [0, 0.1) is 0 Å². The van der Waals surface area contributed by atoms with Crippen LogP contribution in [0.1, 0.15) is 35.8 Å². The predicted octanol–water partition coefficient (Wildman–Crippen LogP) is 4.33. The second-order valence-electron chi connectivity index (χ2n) is 7.11. The van der Waals surface area contributed by atoms with Gasteiger partial charge in [-0.15, -0.1) is 0 Å². The third-order valence-corrected chi connectivity index (χ3v) is 5.34. The van der Waals surface area contributed by atoms with Crippen LogP contribution in [0.3, 0.4) is 0 Å². The summed E-state index contributed by atoms with van der Waals surface area (Å²) in [6.45, 7) is 4.99. The molecule has 1 aromatic heterocycles. The van der Waals surface area contributed by atoms with Crippen molar-refractivity contribution in [1.29, 1.82) is 0 Å². The van der Waals surface area contributed by atoms with Crippen molar-refractivity contribution in [3.05, 3.63) is 71.9 Å². The number of likely N-dealkylation sites (tertiary alicyclic amines) is 1. The monoisotopic (exact) mass is 362 g/mol. The largest absolute Gasteiger partial charge is 0.378 e. The molecule has 4 rings (SSSR count). The average Bonchev–Trinajstić information content (AvgIpc) is 3.08. The second-order valence-corrected chi connectivity index (χ2v) is 7.11. The van der Waals surface area contributed by atoms with E-state index in [-0.39, 0.29) is 12.0 Å². The molecule has 1 saturated heterocycles. The Morgan fingerprint density at radius 3 is 2.48 bits per heavy atom. The summed E-state index contributed by atoms with van der Waals surface area (Å²) in [4.78, 5) is 15.3. The minimum absolute atomic E-state index is 0.122. The van der Waals surface area contributed by atoms with Gasteiger partial charge in [0, 0.05) is 37.1 Å². The number of ether oxygens (including phenoxy) is 1. The molecule has 4 heteroatoms. The Balaban J connectivity index is 1.63. The van der Waals surface area contributed by atoms with Gasteiger partial charge in [0.05, 0.1) is 6.10 Å². The first-order chi connectivity index (χ1) is 13.3. The zero-order valence-corrected chi connectivity index (χ0v) is 15.8. The van der Waals surface area contributed by atoms with E-state index >= 15 is 0 Å². The van der Waals surface area contributed by atoms with Gasteiger partial charge in [0.1, 0.15) is 5.69 Å². The summed E-state index contributed by atoms with van der Waals surface area (Å²) in [5.74, 6) is 0.122. The topological polar surface area (TPSA) is 34.5 Å². The quantitative estimate of drug-likeness (QED) is 0.677. The smallest absolute Gasteiger partial charge is 0.270 e. The van der Waals surface area contributed by atoms with Crippen molar-refractivity contribution in [2.24, 2.45) is 0 Å². The highest BCUT2D eigenvalue weighted by molar-refractivity contribution is 5.99. The number of fused-ring (bicyclic) bond motifs is 1. The Labute approximate surface area is 160 Å². The van der Waals surface area contributed by atoms with Gasteiger partial charge in [-0.05, 0) is 37.5 Å². The average molecular weight is 362 g/mol. The lowest BCUT2D eigenvalue weighted by atomic mass is 10.1. The summed E-state index contributed by atoms with van der Waals surface area (Å²) in [6, 6.07) is 20.6. The van der Waals surface area contributed by atoms with Gasteiger partial charge in [-0.3, -0.25) is 4.79 Å². The lowest BCUT2D eigenvalue weighted by Gasteiger charge is -2.32. The van der Waals surface area contributed by atoms with Crippen molar-refractivity contribution in [2.45, 2.75) is 32.4 Å². The first-order valence-electron chi connectivity index (χ1n) is 9.79. The normalized spacial score (nSPS) is 15.4. The van der Waals surface area contributed by atoms with Crippen molar-refractivity contribution in [3.8, 4) is 0 Å². The molecular weight excluding hydrogens is 336 g/mol. The van der Waals surface area contributed by atoms with Crippen LogP contribution in [0.2, 0.25) is 0 Å². The van der Waals surface area contributed by atoms with E-state index < -0.39 is 0 Å². The molecule has 0 atom stereocenters. The van der Waals surface area contributed by atoms with Gasteiger partial charge in [-0.2, -0.15) is 0 Å². The van der Waals surface area contributed by atoms with Gasteiger partial charge in [-0.25, -0.2) is 0 Å². The zero-order chi connectivity index (χ0) is 18.6. The first-order valence-corrected chi connectivity index (χ1v) is 9.79. The van der Waals surface area contributed by atoms with E-state index in [2.05, 4.69) is 28.8 Å². The molecule has 0 saturated carbocycles. The summed E-state index contributed by atoms with van der Waals surface area (Å²) in [6.07, 6.45) is 2.12. The van der Waals surface area contributed by atoms with E-state index in [1.54, 1.807) is 0 Å². The molecule has 140 valence electrons. The summed E-state index contributed by atoms with van der Waals surface area (Å²) < 4.78 is 7.88. The fraction of sp³-hybridized carbons (Fsp3) is 0.348. The van der Waals surface area contributed by atoms with Crippen LogP contribution in [0.25, 0.3) is 10.9 Å². The van der Waals surface area contributed by atoms with E-state index in [4.69, 9.17) is 4.74 Å². The third kappa shape index (κ3) is 3.76. The molecule has 1 fully saturated rings. The van der Waals surface area contributed by atoms with E-state index in [1.165, 1.54) is 5.56 Å². The molecule has 3 aromatic rings. The van der Waals surface area contributed by atoms with Crippen LogP contribution in [-0.2, 0) is 11.3 Å². The van der Waals surface area contributed by atoms with Crippen LogP contribution in [-0.4, -0.2) is 41.2 Å². The molecular formula is C23H26N2O2. The van der Waals surface area contributed by atoms with Gasteiger partial charge in [0.15, 0.2) is 0 Å². The number of aromatic nitrogens is 1. The van der Waals surface area contributed by atoms with Crippen LogP contribution in [0.4, 0.5) is 0 Å². The fourth-order valence-corrected chi connectivity index (χ4v) is 3.95. The molecule has 0 unspecified atom stereocenters. The van der Waals surface area contributed by atoms with E-state index in [0.717, 1.165) is 49.1 Å². The molecule has 0 bridgehead atoms. The lowest BCUT2D eigenvalue weighted by Crippen LogP contribution is -2.41. The minimum Gasteiger partial charge on any atom is -0.378 e. The van der Waals surface area contributed by atoms with Crippen LogP contribution >= 0.6 is 0 Å². The van der Waals surface area contributed by atoms with E-state index in [0.29, 0.717) is 6.54 Å². The molecule has 0 aliphatic carbocycles. The number of hydrogen-bond donors (Lipinski definition) is 0. The first kappa shape index (κ1) is 17.8. The Kier molecular flexibility index (Phi) is 5.26. The molecule has 0 N–H and O–H groups in total. The van der Waals surface area contributed by atoms with Crippen molar-refractivity contribution >= 4 is 16.8 Å². The van der Waals surface area contributed by atoms with Crippen LogP contribution in [0.15, 0.2) is 60.7 Å². The number of hydrogen-bond acceptors (Lipinski definition) is 2. The van der Waals surface area contributed by atoms with Gasteiger partial charge >= 0.3 is 0 Å². The molecule has 2 aromatic carbocycles. The maximum Gasteiger partial charge on any atom is 0.270 e. The molecule has 27 heavy (non-hydrogen) atoms. The van der Waals surface area contributed by atoms with Crippen LogP contribution in [0.5, 0.6) is 0 Å². The number of para-hydroxylation sites is 1. The van der Waals surface area contributed by atoms with Crippen molar-refractivity contribution in [3.63, 3.8) is 0 Å². The van der Waals surface area contributed by atoms with E-state index in [1.807, 2.05) is 48.2 Å². The molecule has 1 aliphatic rings. The number of nitrogens with zero attached hydrogens (tertiary/aromatic N) is 2. The molecule has 2 heterocycles. The Bertz CT molecular complexity index is 909. The molecule has 1 amide bonds. The standard InChI is InChI=1S/C23H26N2O2/c1-2-27-20-12-14-24(15-13-20)23(26)22-16-19-10-6-7-11-21(19)25(22)17-18-8-4-3-5-9-18/h3-11,16,20H,2,12-15,17H2,1H3. The molecule has 0 spiro atoms. The third-order valence-electron chi connectivity index (χ3n) is 5.34. The number of piperidine rings is 1. The van der Waals surface area contributed by atoms with Crippen molar-refractivity contribution in [2.75, 3.05) is 19.7 Å². The lowest BCUT2D eigenvalue weighted by molar-refractivity contribution is 0.0143. The number of benzene rings is 2. The van der Waals surface area contributed by atoms with Gasteiger partial charge < -0.3 is 14.2 Å². The van der Waals surface area contributed by atoms with E-state index in [9.17, 15) is 4.79 Å². The number of rotatable bonds is 5.